The highest BCUT2D eigenvalue weighted by Gasteiger charge is 2.18. The Morgan fingerprint density at radius 2 is 1.72 bits per heavy atom. The zero-order valence-electron chi connectivity index (χ0n) is 13.5. The van der Waals surface area contributed by atoms with Crippen molar-refractivity contribution in [2.45, 2.75) is 39.1 Å². The van der Waals surface area contributed by atoms with Crippen LogP contribution in [0, 0.1) is 0 Å². The zero-order chi connectivity index (χ0) is 18.6. The smallest absolute Gasteiger partial charge is 0.387 e. The number of aliphatic hydroxyl groups excluding tert-OH is 1. The fourth-order valence-corrected chi connectivity index (χ4v) is 2.73. The Balaban J connectivity index is 2.28. The molecule has 2 aromatic rings. The highest BCUT2D eigenvalue weighted by molar-refractivity contribution is 6.35. The molecule has 25 heavy (non-hydrogen) atoms. The summed E-state index contributed by atoms with van der Waals surface area (Å²) in [5, 5.41) is 11.1. The molecule has 2 rings (SSSR count). The molecule has 136 valence electrons. The third-order valence-corrected chi connectivity index (χ3v) is 3.93. The van der Waals surface area contributed by atoms with Crippen LogP contribution >= 0.6 is 23.2 Å². The number of ether oxygens (including phenoxy) is 2. The van der Waals surface area contributed by atoms with Crippen molar-refractivity contribution < 1.29 is 23.4 Å². The maximum Gasteiger partial charge on any atom is 0.387 e. The number of benzene rings is 1. The Morgan fingerprint density at radius 1 is 1.08 bits per heavy atom. The number of rotatable bonds is 7. The minimum absolute atomic E-state index is 0.0976. The summed E-state index contributed by atoms with van der Waals surface area (Å²) in [6.45, 7) is 0.539. The van der Waals surface area contributed by atoms with E-state index in [4.69, 9.17) is 27.9 Å². The molecule has 1 aromatic carbocycles. The van der Waals surface area contributed by atoms with Gasteiger partial charge in [-0.2, -0.15) is 8.78 Å². The molecule has 0 aliphatic carbocycles. The van der Waals surface area contributed by atoms with Gasteiger partial charge >= 0.3 is 6.61 Å². The van der Waals surface area contributed by atoms with E-state index in [0.29, 0.717) is 21.2 Å². The lowest BCUT2D eigenvalue weighted by Crippen LogP contribution is -2.11. The Labute approximate surface area is 154 Å². The SMILES string of the molecule is CC(C)Oc1cc([C@@H](O)Cc2c(Cl)cncc2Cl)ccc1OC(F)F. The second kappa shape index (κ2) is 8.65. The largest absolute Gasteiger partial charge is 0.487 e. The van der Waals surface area contributed by atoms with Gasteiger partial charge in [0.15, 0.2) is 11.5 Å². The Morgan fingerprint density at radius 3 is 2.28 bits per heavy atom. The van der Waals surface area contributed by atoms with Crippen LogP contribution < -0.4 is 9.47 Å². The molecule has 0 saturated heterocycles. The first-order valence-corrected chi connectivity index (χ1v) is 8.25. The fraction of sp³-hybridized carbons (Fsp3) is 0.353. The minimum Gasteiger partial charge on any atom is -0.487 e. The van der Waals surface area contributed by atoms with Crippen LogP contribution in [0.15, 0.2) is 30.6 Å². The molecule has 1 N–H and O–H groups in total. The molecule has 0 radical (unpaired) electrons. The van der Waals surface area contributed by atoms with Crippen LogP contribution in [0.2, 0.25) is 10.0 Å². The van der Waals surface area contributed by atoms with Gasteiger partial charge in [0.1, 0.15) is 0 Å². The molecule has 0 saturated carbocycles. The van der Waals surface area contributed by atoms with Crippen LogP contribution in [-0.4, -0.2) is 22.8 Å². The monoisotopic (exact) mass is 391 g/mol. The summed E-state index contributed by atoms with van der Waals surface area (Å²) in [5.74, 6) is 0.0263. The number of pyridine rings is 1. The van der Waals surface area contributed by atoms with E-state index >= 15 is 0 Å². The quantitative estimate of drug-likeness (QED) is 0.716. The topological polar surface area (TPSA) is 51.6 Å². The molecular formula is C17H17Cl2F2NO3. The number of halogens is 4. The second-order valence-corrected chi connectivity index (χ2v) is 6.37. The van der Waals surface area contributed by atoms with E-state index < -0.39 is 12.7 Å². The third kappa shape index (κ3) is 5.42. The molecule has 0 unspecified atom stereocenters. The van der Waals surface area contributed by atoms with Crippen molar-refractivity contribution in [3.8, 4) is 11.5 Å². The maximum atomic E-state index is 12.5. The molecule has 0 amide bonds. The molecule has 0 fully saturated rings. The van der Waals surface area contributed by atoms with Crippen LogP contribution in [0.1, 0.15) is 31.1 Å². The van der Waals surface area contributed by atoms with Crippen LogP contribution in [0.4, 0.5) is 8.78 Å². The highest BCUT2D eigenvalue weighted by Crippen LogP contribution is 2.35. The van der Waals surface area contributed by atoms with Crippen molar-refractivity contribution in [2.75, 3.05) is 0 Å². The van der Waals surface area contributed by atoms with E-state index in [9.17, 15) is 13.9 Å². The molecule has 0 aliphatic rings. The lowest BCUT2D eigenvalue weighted by molar-refractivity contribution is -0.0519. The van der Waals surface area contributed by atoms with Gasteiger partial charge in [-0.15, -0.1) is 0 Å². The fourth-order valence-electron chi connectivity index (χ4n) is 2.22. The number of aliphatic hydroxyl groups is 1. The first-order valence-electron chi connectivity index (χ1n) is 7.49. The molecular weight excluding hydrogens is 375 g/mol. The summed E-state index contributed by atoms with van der Waals surface area (Å²) in [6.07, 6.45) is 1.78. The second-order valence-electron chi connectivity index (χ2n) is 5.55. The molecule has 8 heteroatoms. The molecule has 0 aliphatic heterocycles. The van der Waals surface area contributed by atoms with Crippen molar-refractivity contribution in [3.05, 3.63) is 51.8 Å². The summed E-state index contributed by atoms with van der Waals surface area (Å²) >= 11 is 12.1. The van der Waals surface area contributed by atoms with Crippen molar-refractivity contribution in [1.82, 2.24) is 4.98 Å². The predicted molar refractivity (Wildman–Crippen MR) is 91.8 cm³/mol. The van der Waals surface area contributed by atoms with Gasteiger partial charge in [0, 0.05) is 18.8 Å². The van der Waals surface area contributed by atoms with Gasteiger partial charge in [-0.1, -0.05) is 29.3 Å². The maximum absolute atomic E-state index is 12.5. The van der Waals surface area contributed by atoms with Gasteiger partial charge in [-0.25, -0.2) is 0 Å². The predicted octanol–water partition coefficient (Wildman–Crippen LogP) is 5.05. The minimum atomic E-state index is -2.97. The van der Waals surface area contributed by atoms with E-state index in [1.807, 2.05) is 0 Å². The summed E-state index contributed by atoms with van der Waals surface area (Å²) in [6, 6.07) is 4.28. The van der Waals surface area contributed by atoms with Gasteiger partial charge in [-0.3, -0.25) is 4.98 Å². The van der Waals surface area contributed by atoms with E-state index in [1.54, 1.807) is 13.8 Å². The van der Waals surface area contributed by atoms with E-state index in [2.05, 4.69) is 9.72 Å². The van der Waals surface area contributed by atoms with Gasteiger partial charge < -0.3 is 14.6 Å². The lowest BCUT2D eigenvalue weighted by Gasteiger charge is -2.18. The zero-order valence-corrected chi connectivity index (χ0v) is 15.1. The number of nitrogens with zero attached hydrogens (tertiary/aromatic N) is 1. The van der Waals surface area contributed by atoms with Crippen molar-refractivity contribution in [1.29, 1.82) is 0 Å². The van der Waals surface area contributed by atoms with E-state index in [1.165, 1.54) is 30.6 Å². The number of hydrogen-bond acceptors (Lipinski definition) is 4. The third-order valence-electron chi connectivity index (χ3n) is 3.28. The average Bonchev–Trinajstić information content (AvgIpc) is 2.51. The molecule has 0 spiro atoms. The lowest BCUT2D eigenvalue weighted by atomic mass is 10.0. The number of aromatic nitrogens is 1. The number of alkyl halides is 2. The average molecular weight is 392 g/mol. The molecule has 1 atom stereocenters. The van der Waals surface area contributed by atoms with Gasteiger partial charge in [-0.05, 0) is 37.1 Å². The van der Waals surface area contributed by atoms with E-state index in [-0.39, 0.29) is 24.0 Å². The van der Waals surface area contributed by atoms with Crippen LogP contribution in [-0.2, 0) is 6.42 Å². The first kappa shape index (κ1) is 19.7. The summed E-state index contributed by atoms with van der Waals surface area (Å²) in [7, 11) is 0. The van der Waals surface area contributed by atoms with Crippen LogP contribution in [0.5, 0.6) is 11.5 Å². The summed E-state index contributed by atoms with van der Waals surface area (Å²) < 4.78 is 35.0. The first-order chi connectivity index (χ1) is 11.8. The van der Waals surface area contributed by atoms with Crippen molar-refractivity contribution in [2.24, 2.45) is 0 Å². The molecule has 1 aromatic heterocycles. The van der Waals surface area contributed by atoms with Crippen molar-refractivity contribution in [3.63, 3.8) is 0 Å². The molecule has 0 bridgehead atoms. The van der Waals surface area contributed by atoms with Crippen LogP contribution in [0.25, 0.3) is 0 Å². The summed E-state index contributed by atoms with van der Waals surface area (Å²) in [5.41, 5.74) is 1.01. The number of hydrogen-bond donors (Lipinski definition) is 1. The highest BCUT2D eigenvalue weighted by atomic mass is 35.5. The Hall–Kier alpha value is -1.63. The van der Waals surface area contributed by atoms with Gasteiger partial charge in [0.2, 0.25) is 0 Å². The normalized spacial score (nSPS) is 12.5. The molecule has 4 nitrogen and oxygen atoms in total. The van der Waals surface area contributed by atoms with Crippen molar-refractivity contribution >= 4 is 23.2 Å². The van der Waals surface area contributed by atoms with Gasteiger partial charge in [0.05, 0.1) is 22.3 Å². The Kier molecular flexibility index (Phi) is 6.81. The standard InChI is InChI=1S/C17H17Cl2F2NO3/c1-9(2)24-16-5-10(3-4-15(16)25-17(20)21)14(23)6-11-12(18)7-22-8-13(11)19/h3-5,7-9,14,17,23H,6H2,1-2H3/t14-/m0/s1. The van der Waals surface area contributed by atoms with Crippen LogP contribution in [0.3, 0.4) is 0 Å². The summed E-state index contributed by atoms with van der Waals surface area (Å²) in [4.78, 5) is 3.86. The molecule has 1 heterocycles. The Bertz CT molecular complexity index is 709. The van der Waals surface area contributed by atoms with Gasteiger partial charge in [0.25, 0.3) is 0 Å². The van der Waals surface area contributed by atoms with E-state index in [0.717, 1.165) is 0 Å².